The molecule has 0 fully saturated rings. The van der Waals surface area contributed by atoms with E-state index >= 15 is 0 Å². The molecule has 0 aromatic heterocycles. The second-order valence-corrected chi connectivity index (χ2v) is 6.62. The summed E-state index contributed by atoms with van der Waals surface area (Å²) in [6, 6.07) is 18.8. The van der Waals surface area contributed by atoms with E-state index in [-0.39, 0.29) is 11.8 Å². The van der Waals surface area contributed by atoms with Crippen LogP contribution in [0.25, 0.3) is 0 Å². The highest BCUT2D eigenvalue weighted by molar-refractivity contribution is 6.31. The van der Waals surface area contributed by atoms with Gasteiger partial charge in [0.2, 0.25) is 0 Å². The van der Waals surface area contributed by atoms with E-state index in [0.29, 0.717) is 33.3 Å². The van der Waals surface area contributed by atoms with Gasteiger partial charge in [-0.05, 0) is 55.0 Å². The van der Waals surface area contributed by atoms with Crippen molar-refractivity contribution >= 4 is 34.8 Å². The van der Waals surface area contributed by atoms with E-state index in [1.54, 1.807) is 67.8 Å². The van der Waals surface area contributed by atoms with E-state index < -0.39 is 0 Å². The van der Waals surface area contributed by atoms with Gasteiger partial charge in [0.1, 0.15) is 5.75 Å². The molecule has 0 saturated heterocycles. The first kappa shape index (κ1) is 19.5. The first-order chi connectivity index (χ1) is 13.5. The van der Waals surface area contributed by atoms with Gasteiger partial charge in [-0.2, -0.15) is 0 Å². The standard InChI is InChI=1S/C22H19ClN2O3/c1-14-9-10-17(23)12-20(14)25-22(27)16-6-3-5-15(11-16)21(26)24-18-7-4-8-19(13-18)28-2/h3-13H,1-2H3,(H,24,26)(H,25,27). The quantitative estimate of drug-likeness (QED) is 0.628. The Morgan fingerprint density at radius 3 is 2.25 bits per heavy atom. The monoisotopic (exact) mass is 394 g/mol. The van der Waals surface area contributed by atoms with Crippen molar-refractivity contribution in [3.63, 3.8) is 0 Å². The van der Waals surface area contributed by atoms with Crippen molar-refractivity contribution < 1.29 is 14.3 Å². The number of rotatable bonds is 5. The largest absolute Gasteiger partial charge is 0.497 e. The molecule has 0 spiro atoms. The second kappa shape index (κ2) is 8.59. The van der Waals surface area contributed by atoms with Crippen molar-refractivity contribution in [2.45, 2.75) is 6.92 Å². The van der Waals surface area contributed by atoms with Crippen molar-refractivity contribution in [1.82, 2.24) is 0 Å². The van der Waals surface area contributed by atoms with E-state index in [0.717, 1.165) is 5.56 Å². The molecule has 0 aliphatic carbocycles. The van der Waals surface area contributed by atoms with Crippen LogP contribution in [0.4, 0.5) is 11.4 Å². The predicted octanol–water partition coefficient (Wildman–Crippen LogP) is 5.16. The fraction of sp³-hybridized carbons (Fsp3) is 0.0909. The maximum Gasteiger partial charge on any atom is 0.255 e. The Hall–Kier alpha value is -3.31. The van der Waals surface area contributed by atoms with Crippen LogP contribution in [-0.4, -0.2) is 18.9 Å². The molecule has 3 aromatic rings. The van der Waals surface area contributed by atoms with Crippen LogP contribution in [0.5, 0.6) is 5.75 Å². The molecule has 0 bridgehead atoms. The Morgan fingerprint density at radius 1 is 0.857 bits per heavy atom. The summed E-state index contributed by atoms with van der Waals surface area (Å²) in [6.45, 7) is 1.88. The highest BCUT2D eigenvalue weighted by Crippen LogP contribution is 2.21. The van der Waals surface area contributed by atoms with Crippen LogP contribution in [-0.2, 0) is 0 Å². The number of methoxy groups -OCH3 is 1. The van der Waals surface area contributed by atoms with Crippen LogP contribution in [0.3, 0.4) is 0 Å². The van der Waals surface area contributed by atoms with Crippen LogP contribution in [0.1, 0.15) is 26.3 Å². The number of ether oxygens (including phenoxy) is 1. The average molecular weight is 395 g/mol. The Morgan fingerprint density at radius 2 is 1.54 bits per heavy atom. The molecule has 0 heterocycles. The fourth-order valence-corrected chi connectivity index (χ4v) is 2.80. The van der Waals surface area contributed by atoms with Gasteiger partial charge >= 0.3 is 0 Å². The molecular formula is C22H19ClN2O3. The van der Waals surface area contributed by atoms with E-state index in [4.69, 9.17) is 16.3 Å². The summed E-state index contributed by atoms with van der Waals surface area (Å²) in [7, 11) is 1.56. The lowest BCUT2D eigenvalue weighted by molar-refractivity contribution is 0.102. The third-order valence-corrected chi connectivity index (χ3v) is 4.40. The number of anilines is 2. The lowest BCUT2D eigenvalue weighted by Crippen LogP contribution is -2.16. The molecule has 0 radical (unpaired) electrons. The predicted molar refractivity (Wildman–Crippen MR) is 112 cm³/mol. The Labute approximate surface area is 168 Å². The number of aryl methyl sites for hydroxylation is 1. The van der Waals surface area contributed by atoms with Gasteiger partial charge < -0.3 is 15.4 Å². The van der Waals surface area contributed by atoms with Crippen molar-refractivity contribution in [3.8, 4) is 5.75 Å². The number of carbonyl (C=O) groups excluding carboxylic acids is 2. The molecule has 2 amide bonds. The zero-order valence-electron chi connectivity index (χ0n) is 15.5. The third-order valence-electron chi connectivity index (χ3n) is 4.16. The molecule has 0 aliphatic rings. The molecule has 3 aromatic carbocycles. The first-order valence-corrected chi connectivity index (χ1v) is 8.97. The second-order valence-electron chi connectivity index (χ2n) is 6.18. The van der Waals surface area contributed by atoms with Gasteiger partial charge in [-0.1, -0.05) is 29.8 Å². The fourth-order valence-electron chi connectivity index (χ4n) is 2.63. The van der Waals surface area contributed by atoms with Gasteiger partial charge in [-0.3, -0.25) is 9.59 Å². The lowest BCUT2D eigenvalue weighted by atomic mass is 10.1. The Kier molecular flexibility index (Phi) is 5.96. The minimum atomic E-state index is -0.318. The molecule has 0 saturated carbocycles. The summed E-state index contributed by atoms with van der Waals surface area (Å²) < 4.78 is 5.15. The van der Waals surface area contributed by atoms with Crippen LogP contribution in [0.2, 0.25) is 5.02 Å². The number of benzene rings is 3. The first-order valence-electron chi connectivity index (χ1n) is 8.59. The van der Waals surface area contributed by atoms with Gasteiger partial charge in [0.05, 0.1) is 7.11 Å². The summed E-state index contributed by atoms with van der Waals surface area (Å²) in [5.74, 6) is 0.00561. The summed E-state index contributed by atoms with van der Waals surface area (Å²) in [5.41, 5.74) is 2.87. The number of hydrogen-bond acceptors (Lipinski definition) is 3. The molecule has 5 nitrogen and oxygen atoms in total. The summed E-state index contributed by atoms with van der Waals surface area (Å²) in [6.07, 6.45) is 0. The highest BCUT2D eigenvalue weighted by Gasteiger charge is 2.12. The molecule has 3 rings (SSSR count). The number of nitrogens with one attached hydrogen (secondary N) is 2. The number of hydrogen-bond donors (Lipinski definition) is 2. The zero-order valence-corrected chi connectivity index (χ0v) is 16.2. The van der Waals surface area contributed by atoms with Crippen molar-refractivity contribution in [3.05, 3.63) is 88.4 Å². The lowest BCUT2D eigenvalue weighted by Gasteiger charge is -2.10. The number of carbonyl (C=O) groups is 2. The molecular weight excluding hydrogens is 376 g/mol. The van der Waals surface area contributed by atoms with Gasteiger partial charge in [-0.15, -0.1) is 0 Å². The molecule has 0 unspecified atom stereocenters. The maximum absolute atomic E-state index is 12.6. The normalized spacial score (nSPS) is 10.2. The highest BCUT2D eigenvalue weighted by atomic mass is 35.5. The molecule has 28 heavy (non-hydrogen) atoms. The third kappa shape index (κ3) is 4.69. The maximum atomic E-state index is 12.6. The van der Waals surface area contributed by atoms with Gasteiger partial charge in [0.15, 0.2) is 0 Å². The van der Waals surface area contributed by atoms with Crippen molar-refractivity contribution in [2.75, 3.05) is 17.7 Å². The van der Waals surface area contributed by atoms with E-state index in [1.165, 1.54) is 0 Å². The molecule has 0 atom stereocenters. The van der Waals surface area contributed by atoms with Crippen molar-refractivity contribution in [1.29, 1.82) is 0 Å². The van der Waals surface area contributed by atoms with Gasteiger partial charge in [0, 0.05) is 33.6 Å². The van der Waals surface area contributed by atoms with E-state index in [1.807, 2.05) is 13.0 Å². The SMILES string of the molecule is COc1cccc(NC(=O)c2cccc(C(=O)Nc3cc(Cl)ccc3C)c2)c1. The van der Waals surface area contributed by atoms with E-state index in [9.17, 15) is 9.59 Å². The smallest absolute Gasteiger partial charge is 0.255 e. The summed E-state index contributed by atoms with van der Waals surface area (Å²) >= 11 is 6.00. The zero-order chi connectivity index (χ0) is 20.1. The van der Waals surface area contributed by atoms with Crippen LogP contribution in [0, 0.1) is 6.92 Å². The Balaban J connectivity index is 1.76. The summed E-state index contributed by atoms with van der Waals surface area (Å²) in [5, 5.41) is 6.16. The van der Waals surface area contributed by atoms with Gasteiger partial charge in [0.25, 0.3) is 11.8 Å². The van der Waals surface area contributed by atoms with Crippen LogP contribution in [0.15, 0.2) is 66.7 Å². The van der Waals surface area contributed by atoms with E-state index in [2.05, 4.69) is 10.6 Å². The van der Waals surface area contributed by atoms with Crippen LogP contribution >= 0.6 is 11.6 Å². The number of amides is 2. The average Bonchev–Trinajstić information content (AvgIpc) is 2.71. The summed E-state index contributed by atoms with van der Waals surface area (Å²) in [4.78, 5) is 25.1. The van der Waals surface area contributed by atoms with Crippen LogP contribution < -0.4 is 15.4 Å². The number of halogens is 1. The molecule has 142 valence electrons. The minimum Gasteiger partial charge on any atom is -0.497 e. The molecule has 0 aliphatic heterocycles. The minimum absolute atomic E-state index is 0.318. The van der Waals surface area contributed by atoms with Crippen molar-refractivity contribution in [2.24, 2.45) is 0 Å². The van der Waals surface area contributed by atoms with Gasteiger partial charge in [-0.25, -0.2) is 0 Å². The molecule has 2 N–H and O–H groups in total. The topological polar surface area (TPSA) is 67.4 Å². The Bertz CT molecular complexity index is 1030. The molecule has 6 heteroatoms.